The SMILES string of the molecule is Cc1ccc2[nH]c(N=NC(N)=S)c(O)c2c1. The van der Waals surface area contributed by atoms with Gasteiger partial charge in [-0.3, -0.25) is 0 Å². The molecule has 1 heterocycles. The maximum Gasteiger partial charge on any atom is 0.211 e. The first-order chi connectivity index (χ1) is 7.58. The molecule has 0 saturated carbocycles. The van der Waals surface area contributed by atoms with Crippen molar-refractivity contribution in [2.24, 2.45) is 16.0 Å². The summed E-state index contributed by atoms with van der Waals surface area (Å²) in [6.45, 7) is 1.95. The van der Waals surface area contributed by atoms with Gasteiger partial charge in [0.15, 0.2) is 11.6 Å². The molecule has 0 aliphatic rings. The van der Waals surface area contributed by atoms with Crippen LogP contribution in [0, 0.1) is 6.92 Å². The van der Waals surface area contributed by atoms with E-state index in [4.69, 9.17) is 5.73 Å². The second kappa shape index (κ2) is 3.90. The third-order valence-corrected chi connectivity index (χ3v) is 2.24. The van der Waals surface area contributed by atoms with Crippen molar-refractivity contribution in [3.8, 4) is 5.75 Å². The third kappa shape index (κ3) is 1.87. The molecule has 0 amide bonds. The monoisotopic (exact) mass is 234 g/mol. The molecule has 0 saturated heterocycles. The Hall–Kier alpha value is -1.95. The van der Waals surface area contributed by atoms with Crippen molar-refractivity contribution in [3.05, 3.63) is 23.8 Å². The molecule has 0 aliphatic heterocycles. The summed E-state index contributed by atoms with van der Waals surface area (Å²) in [4.78, 5) is 2.92. The van der Waals surface area contributed by atoms with Gasteiger partial charge in [-0.25, -0.2) is 0 Å². The molecule has 0 spiro atoms. The number of azo groups is 1. The van der Waals surface area contributed by atoms with Crippen LogP contribution in [0.25, 0.3) is 10.9 Å². The highest BCUT2D eigenvalue weighted by Gasteiger charge is 2.09. The molecule has 2 aromatic rings. The molecule has 1 aromatic carbocycles. The summed E-state index contributed by atoms with van der Waals surface area (Å²) in [6, 6.07) is 5.66. The number of nitrogens with two attached hydrogens (primary N) is 1. The van der Waals surface area contributed by atoms with E-state index in [0.717, 1.165) is 11.1 Å². The molecule has 82 valence electrons. The van der Waals surface area contributed by atoms with Gasteiger partial charge >= 0.3 is 0 Å². The number of aromatic nitrogens is 1. The topological polar surface area (TPSA) is 86.8 Å². The first-order valence-corrected chi connectivity index (χ1v) is 5.01. The molecular formula is C10H10N4OS. The number of nitrogens with one attached hydrogen (secondary N) is 1. The van der Waals surface area contributed by atoms with Gasteiger partial charge in [0.25, 0.3) is 0 Å². The average molecular weight is 234 g/mol. The Balaban J connectivity index is 2.56. The van der Waals surface area contributed by atoms with Gasteiger partial charge < -0.3 is 15.8 Å². The molecule has 16 heavy (non-hydrogen) atoms. The van der Waals surface area contributed by atoms with Crippen LogP contribution in [0.15, 0.2) is 28.4 Å². The largest absolute Gasteiger partial charge is 0.504 e. The number of hydrogen-bond donors (Lipinski definition) is 3. The lowest BCUT2D eigenvalue weighted by atomic mass is 10.2. The van der Waals surface area contributed by atoms with E-state index in [-0.39, 0.29) is 16.7 Å². The van der Waals surface area contributed by atoms with E-state index < -0.39 is 0 Å². The van der Waals surface area contributed by atoms with Crippen LogP contribution in [0.1, 0.15) is 5.56 Å². The number of thiocarbonyl (C=S) groups is 1. The summed E-state index contributed by atoms with van der Waals surface area (Å²) in [5.74, 6) is 0.312. The number of aromatic amines is 1. The fourth-order valence-electron chi connectivity index (χ4n) is 1.45. The van der Waals surface area contributed by atoms with Crippen molar-refractivity contribution >= 4 is 34.1 Å². The van der Waals surface area contributed by atoms with E-state index in [0.29, 0.717) is 5.39 Å². The minimum Gasteiger partial charge on any atom is -0.504 e. The van der Waals surface area contributed by atoms with Gasteiger partial charge in [0, 0.05) is 5.39 Å². The number of aromatic hydroxyl groups is 1. The number of nitrogens with zero attached hydrogens (tertiary/aromatic N) is 2. The zero-order valence-electron chi connectivity index (χ0n) is 8.56. The van der Waals surface area contributed by atoms with Gasteiger partial charge in [0.05, 0.1) is 5.52 Å². The Morgan fingerprint density at radius 1 is 1.50 bits per heavy atom. The highest BCUT2D eigenvalue weighted by Crippen LogP contribution is 2.35. The third-order valence-electron chi connectivity index (χ3n) is 2.16. The minimum absolute atomic E-state index is 0.0544. The van der Waals surface area contributed by atoms with Crippen molar-refractivity contribution in [3.63, 3.8) is 0 Å². The van der Waals surface area contributed by atoms with Gasteiger partial charge in [-0.05, 0) is 31.3 Å². The summed E-state index contributed by atoms with van der Waals surface area (Å²) in [5, 5.41) is 17.7. The second-order valence-corrected chi connectivity index (χ2v) is 3.83. The lowest BCUT2D eigenvalue weighted by Crippen LogP contribution is -2.01. The Labute approximate surface area is 97.0 Å². The number of rotatable bonds is 1. The van der Waals surface area contributed by atoms with Gasteiger partial charge in [-0.1, -0.05) is 11.6 Å². The molecule has 5 nitrogen and oxygen atoms in total. The molecule has 0 atom stereocenters. The summed E-state index contributed by atoms with van der Waals surface area (Å²) < 4.78 is 0. The van der Waals surface area contributed by atoms with Gasteiger partial charge in [-0.2, -0.15) is 0 Å². The molecule has 1 aromatic heterocycles. The van der Waals surface area contributed by atoms with Crippen LogP contribution in [-0.2, 0) is 0 Å². The Kier molecular flexibility index (Phi) is 2.57. The molecule has 4 N–H and O–H groups in total. The predicted molar refractivity (Wildman–Crippen MR) is 66.0 cm³/mol. The average Bonchev–Trinajstić information content (AvgIpc) is 2.53. The Bertz CT molecular complexity index is 588. The molecular weight excluding hydrogens is 224 g/mol. The first-order valence-electron chi connectivity index (χ1n) is 4.60. The summed E-state index contributed by atoms with van der Waals surface area (Å²) in [7, 11) is 0. The van der Waals surface area contributed by atoms with Crippen LogP contribution in [0.3, 0.4) is 0 Å². The van der Waals surface area contributed by atoms with E-state index in [1.54, 1.807) is 0 Å². The Morgan fingerprint density at radius 2 is 2.25 bits per heavy atom. The summed E-state index contributed by atoms with van der Waals surface area (Å²) >= 11 is 4.56. The van der Waals surface area contributed by atoms with Crippen LogP contribution >= 0.6 is 12.2 Å². The summed E-state index contributed by atoms with van der Waals surface area (Å²) in [6.07, 6.45) is 0. The number of hydrogen-bond acceptors (Lipinski definition) is 3. The van der Waals surface area contributed by atoms with E-state index in [1.165, 1.54) is 0 Å². The standard InChI is InChI=1S/C10H10N4OS/c1-5-2-3-7-6(4-5)8(15)9(12-7)13-14-10(11)16/h2-4,12,15H,1H3,(H2,11,16). The van der Waals surface area contributed by atoms with Crippen LogP contribution in [-0.4, -0.2) is 15.2 Å². The lowest BCUT2D eigenvalue weighted by Gasteiger charge is -1.92. The van der Waals surface area contributed by atoms with Crippen molar-refractivity contribution in [2.45, 2.75) is 6.92 Å². The smallest absolute Gasteiger partial charge is 0.211 e. The van der Waals surface area contributed by atoms with Crippen molar-refractivity contribution in [1.82, 2.24) is 4.98 Å². The van der Waals surface area contributed by atoms with Crippen LogP contribution in [0.2, 0.25) is 0 Å². The molecule has 2 rings (SSSR count). The zero-order valence-corrected chi connectivity index (χ0v) is 9.38. The van der Waals surface area contributed by atoms with Gasteiger partial charge in [0.2, 0.25) is 5.11 Å². The van der Waals surface area contributed by atoms with E-state index in [2.05, 4.69) is 27.4 Å². The number of benzene rings is 1. The van der Waals surface area contributed by atoms with Gasteiger partial charge in [0.1, 0.15) is 0 Å². The fourth-order valence-corrected chi connectivity index (χ4v) is 1.49. The van der Waals surface area contributed by atoms with Crippen molar-refractivity contribution in [2.75, 3.05) is 0 Å². The number of fused-ring (bicyclic) bond motifs is 1. The van der Waals surface area contributed by atoms with Crippen LogP contribution < -0.4 is 5.73 Å². The normalized spacial score (nSPS) is 11.3. The molecule has 0 aliphatic carbocycles. The maximum atomic E-state index is 9.86. The molecule has 0 unspecified atom stereocenters. The van der Waals surface area contributed by atoms with Crippen molar-refractivity contribution < 1.29 is 5.11 Å². The van der Waals surface area contributed by atoms with Crippen LogP contribution in [0.4, 0.5) is 5.82 Å². The second-order valence-electron chi connectivity index (χ2n) is 3.41. The van der Waals surface area contributed by atoms with Crippen molar-refractivity contribution in [1.29, 1.82) is 0 Å². The van der Waals surface area contributed by atoms with Gasteiger partial charge in [-0.15, -0.1) is 10.2 Å². The number of aryl methyl sites for hydroxylation is 1. The molecule has 6 heteroatoms. The Morgan fingerprint density at radius 3 is 2.94 bits per heavy atom. The van der Waals surface area contributed by atoms with Crippen LogP contribution in [0.5, 0.6) is 5.75 Å². The summed E-state index contributed by atoms with van der Waals surface area (Å²) in [5.41, 5.74) is 7.03. The number of H-pyrrole nitrogens is 1. The maximum absolute atomic E-state index is 9.86. The van der Waals surface area contributed by atoms with E-state index in [9.17, 15) is 5.11 Å². The minimum atomic E-state index is -0.0748. The highest BCUT2D eigenvalue weighted by atomic mass is 32.1. The zero-order chi connectivity index (χ0) is 11.7. The quantitative estimate of drug-likeness (QED) is 0.523. The molecule has 0 fully saturated rings. The highest BCUT2D eigenvalue weighted by molar-refractivity contribution is 7.80. The fraction of sp³-hybridized carbons (Fsp3) is 0.100. The molecule has 0 radical (unpaired) electrons. The lowest BCUT2D eigenvalue weighted by molar-refractivity contribution is 0.482. The first kappa shape index (κ1) is 10.6. The van der Waals surface area contributed by atoms with E-state index in [1.807, 2.05) is 25.1 Å². The molecule has 0 bridgehead atoms. The van der Waals surface area contributed by atoms with E-state index >= 15 is 0 Å². The predicted octanol–water partition coefficient (Wildman–Crippen LogP) is 2.51.